The number of ether oxygens (including phenoxy) is 1. The summed E-state index contributed by atoms with van der Waals surface area (Å²) >= 11 is 6.16. The highest BCUT2D eigenvalue weighted by Crippen LogP contribution is 2.22. The van der Waals surface area contributed by atoms with Crippen molar-refractivity contribution in [1.82, 2.24) is 9.55 Å². The Morgan fingerprint density at radius 3 is 2.73 bits per heavy atom. The maximum atomic E-state index is 6.16. The molecule has 0 unspecified atom stereocenters. The molecule has 114 valence electrons. The molecule has 0 fully saturated rings. The van der Waals surface area contributed by atoms with Gasteiger partial charge in [0.1, 0.15) is 5.82 Å². The number of methoxy groups -OCH3 is 1. The summed E-state index contributed by atoms with van der Waals surface area (Å²) in [6.07, 6.45) is 1.77. The minimum absolute atomic E-state index is 0.741. The molecule has 2 aromatic carbocycles. The van der Waals surface area contributed by atoms with Gasteiger partial charge >= 0.3 is 0 Å². The molecule has 0 radical (unpaired) electrons. The summed E-state index contributed by atoms with van der Waals surface area (Å²) in [6, 6.07) is 16.3. The van der Waals surface area contributed by atoms with Gasteiger partial charge < -0.3 is 9.30 Å². The van der Waals surface area contributed by atoms with Crippen LogP contribution in [0.4, 0.5) is 0 Å². The molecular weight excluding hydrogens is 296 g/mol. The second kappa shape index (κ2) is 6.95. The van der Waals surface area contributed by atoms with Gasteiger partial charge in [-0.25, -0.2) is 4.98 Å². The second-order valence-electron chi connectivity index (χ2n) is 5.32. The van der Waals surface area contributed by atoms with E-state index < -0.39 is 0 Å². The van der Waals surface area contributed by atoms with Gasteiger partial charge in [0.15, 0.2) is 0 Å². The minimum atomic E-state index is 0.741. The van der Waals surface area contributed by atoms with Gasteiger partial charge in [0.25, 0.3) is 0 Å². The summed E-state index contributed by atoms with van der Waals surface area (Å²) in [7, 11) is 1.73. The largest absolute Gasteiger partial charge is 0.385 e. The van der Waals surface area contributed by atoms with Crippen molar-refractivity contribution in [3.63, 3.8) is 0 Å². The summed E-state index contributed by atoms with van der Waals surface area (Å²) in [5, 5.41) is 0.742. The Labute approximate surface area is 135 Å². The number of hydrogen-bond donors (Lipinski definition) is 0. The molecule has 0 N–H and O–H groups in total. The highest BCUT2D eigenvalue weighted by atomic mass is 35.5. The van der Waals surface area contributed by atoms with E-state index in [1.54, 1.807) is 7.11 Å². The molecule has 3 aromatic rings. The SMILES string of the molecule is COCCCn1c(Cc2ccccc2)nc2ccc(Cl)cc21. The van der Waals surface area contributed by atoms with E-state index in [0.29, 0.717) is 0 Å². The average Bonchev–Trinajstić information content (AvgIpc) is 2.86. The van der Waals surface area contributed by atoms with Crippen LogP contribution in [0.5, 0.6) is 0 Å². The van der Waals surface area contributed by atoms with Crippen LogP contribution in [0.1, 0.15) is 17.8 Å². The van der Waals surface area contributed by atoms with Crippen LogP contribution in [0, 0.1) is 0 Å². The van der Waals surface area contributed by atoms with Crippen molar-refractivity contribution in [3.05, 3.63) is 64.9 Å². The number of halogens is 1. The van der Waals surface area contributed by atoms with Crippen LogP contribution in [0.2, 0.25) is 5.02 Å². The van der Waals surface area contributed by atoms with Crippen molar-refractivity contribution >= 4 is 22.6 Å². The third-order valence-corrected chi connectivity index (χ3v) is 3.96. The molecule has 3 nitrogen and oxygen atoms in total. The Morgan fingerprint density at radius 2 is 1.95 bits per heavy atom. The van der Waals surface area contributed by atoms with Gasteiger partial charge in [-0.1, -0.05) is 41.9 Å². The van der Waals surface area contributed by atoms with E-state index in [0.717, 1.165) is 47.9 Å². The van der Waals surface area contributed by atoms with Crippen molar-refractivity contribution in [2.45, 2.75) is 19.4 Å². The zero-order valence-corrected chi connectivity index (χ0v) is 13.4. The van der Waals surface area contributed by atoms with Gasteiger partial charge in [0.2, 0.25) is 0 Å². The van der Waals surface area contributed by atoms with E-state index in [4.69, 9.17) is 21.3 Å². The smallest absolute Gasteiger partial charge is 0.114 e. The van der Waals surface area contributed by atoms with E-state index in [1.165, 1.54) is 5.56 Å². The maximum absolute atomic E-state index is 6.16. The lowest BCUT2D eigenvalue weighted by molar-refractivity contribution is 0.190. The van der Waals surface area contributed by atoms with Crippen LogP contribution >= 0.6 is 11.6 Å². The minimum Gasteiger partial charge on any atom is -0.385 e. The molecule has 0 aliphatic carbocycles. The number of nitrogens with zero attached hydrogens (tertiary/aromatic N) is 2. The van der Waals surface area contributed by atoms with Gasteiger partial charge in [-0.2, -0.15) is 0 Å². The van der Waals surface area contributed by atoms with Crippen LogP contribution in [0.15, 0.2) is 48.5 Å². The fourth-order valence-electron chi connectivity index (χ4n) is 2.68. The Bertz CT molecular complexity index is 752. The van der Waals surface area contributed by atoms with Crippen molar-refractivity contribution in [2.75, 3.05) is 13.7 Å². The number of imidazole rings is 1. The van der Waals surface area contributed by atoms with Gasteiger partial charge in [-0.3, -0.25) is 0 Å². The predicted octanol–water partition coefficient (Wildman–Crippen LogP) is 4.32. The quantitative estimate of drug-likeness (QED) is 0.634. The monoisotopic (exact) mass is 314 g/mol. The number of hydrogen-bond acceptors (Lipinski definition) is 2. The van der Waals surface area contributed by atoms with E-state index in [1.807, 2.05) is 24.3 Å². The van der Waals surface area contributed by atoms with Crippen LogP contribution in [-0.2, 0) is 17.7 Å². The molecule has 0 amide bonds. The fraction of sp³-hybridized carbons (Fsp3) is 0.278. The Kier molecular flexibility index (Phi) is 4.76. The summed E-state index contributed by atoms with van der Waals surface area (Å²) in [5.41, 5.74) is 3.35. The third kappa shape index (κ3) is 3.32. The molecule has 0 atom stereocenters. The standard InChI is InChI=1S/C18H19ClN2O/c1-22-11-5-10-21-17-13-15(19)8-9-16(17)20-18(21)12-14-6-3-2-4-7-14/h2-4,6-9,13H,5,10-12H2,1H3. The average molecular weight is 315 g/mol. The van der Waals surface area contributed by atoms with E-state index >= 15 is 0 Å². The lowest BCUT2D eigenvalue weighted by Crippen LogP contribution is -2.06. The van der Waals surface area contributed by atoms with E-state index in [9.17, 15) is 0 Å². The topological polar surface area (TPSA) is 27.1 Å². The van der Waals surface area contributed by atoms with Crippen LogP contribution in [0.25, 0.3) is 11.0 Å². The molecule has 1 aromatic heterocycles. The Hall–Kier alpha value is -1.84. The van der Waals surface area contributed by atoms with E-state index in [-0.39, 0.29) is 0 Å². The lowest BCUT2D eigenvalue weighted by atomic mass is 10.1. The molecule has 4 heteroatoms. The molecule has 0 aliphatic rings. The first-order valence-electron chi connectivity index (χ1n) is 7.45. The van der Waals surface area contributed by atoms with Crippen molar-refractivity contribution in [3.8, 4) is 0 Å². The van der Waals surface area contributed by atoms with Gasteiger partial charge in [-0.05, 0) is 30.2 Å². The first-order valence-corrected chi connectivity index (χ1v) is 7.83. The molecule has 0 spiro atoms. The summed E-state index contributed by atoms with van der Waals surface area (Å²) < 4.78 is 7.43. The third-order valence-electron chi connectivity index (χ3n) is 3.72. The maximum Gasteiger partial charge on any atom is 0.114 e. The number of aryl methyl sites for hydroxylation is 1. The summed E-state index contributed by atoms with van der Waals surface area (Å²) in [6.45, 7) is 1.62. The lowest BCUT2D eigenvalue weighted by Gasteiger charge is -2.09. The van der Waals surface area contributed by atoms with Crippen LogP contribution < -0.4 is 0 Å². The van der Waals surface area contributed by atoms with Crippen LogP contribution in [-0.4, -0.2) is 23.3 Å². The number of fused-ring (bicyclic) bond motifs is 1. The van der Waals surface area contributed by atoms with Crippen molar-refractivity contribution in [1.29, 1.82) is 0 Å². The highest BCUT2D eigenvalue weighted by molar-refractivity contribution is 6.31. The molecule has 1 heterocycles. The zero-order chi connectivity index (χ0) is 15.4. The van der Waals surface area contributed by atoms with Gasteiger partial charge in [0, 0.05) is 31.7 Å². The molecule has 0 bridgehead atoms. The fourth-order valence-corrected chi connectivity index (χ4v) is 2.84. The highest BCUT2D eigenvalue weighted by Gasteiger charge is 2.11. The summed E-state index contributed by atoms with van der Waals surface area (Å²) in [5.74, 6) is 1.07. The first-order chi connectivity index (χ1) is 10.8. The van der Waals surface area contributed by atoms with Crippen LogP contribution in [0.3, 0.4) is 0 Å². The number of benzene rings is 2. The first kappa shape index (κ1) is 15.1. The van der Waals surface area contributed by atoms with Gasteiger partial charge in [-0.15, -0.1) is 0 Å². The summed E-state index contributed by atoms with van der Waals surface area (Å²) in [4.78, 5) is 4.79. The predicted molar refractivity (Wildman–Crippen MR) is 90.5 cm³/mol. The normalized spacial score (nSPS) is 11.2. The molecule has 22 heavy (non-hydrogen) atoms. The molecule has 0 aliphatic heterocycles. The number of aromatic nitrogens is 2. The molecule has 0 saturated carbocycles. The second-order valence-corrected chi connectivity index (χ2v) is 5.76. The number of rotatable bonds is 6. The molecular formula is C18H19ClN2O. The van der Waals surface area contributed by atoms with E-state index in [2.05, 4.69) is 28.8 Å². The van der Waals surface area contributed by atoms with Crippen molar-refractivity contribution < 1.29 is 4.74 Å². The van der Waals surface area contributed by atoms with Crippen molar-refractivity contribution in [2.24, 2.45) is 0 Å². The van der Waals surface area contributed by atoms with Gasteiger partial charge in [0.05, 0.1) is 11.0 Å². The zero-order valence-electron chi connectivity index (χ0n) is 12.6. The Balaban J connectivity index is 1.98. The Morgan fingerprint density at radius 1 is 1.14 bits per heavy atom. The molecule has 0 saturated heterocycles. The molecule has 3 rings (SSSR count).